The number of rotatable bonds is 10. The van der Waals surface area contributed by atoms with E-state index in [0.29, 0.717) is 30.0 Å². The van der Waals surface area contributed by atoms with Gasteiger partial charge in [-0.25, -0.2) is 0 Å². The lowest BCUT2D eigenvalue weighted by Crippen LogP contribution is -2.57. The highest BCUT2D eigenvalue weighted by molar-refractivity contribution is 9.09. The van der Waals surface area contributed by atoms with Gasteiger partial charge in [-0.2, -0.15) is 0 Å². The summed E-state index contributed by atoms with van der Waals surface area (Å²) in [5.41, 5.74) is -0.670. The fraction of sp³-hybridized carbons (Fsp3) is 0.560. The van der Waals surface area contributed by atoms with Gasteiger partial charge < -0.3 is 24.4 Å². The molecule has 3 unspecified atom stereocenters. The zero-order valence-corrected chi connectivity index (χ0v) is 21.9. The molecule has 2 amide bonds. The number of unbranched alkanes of at least 4 members (excludes halogenated alkanes) is 1. The largest absolute Gasteiger partial charge is 0.466 e. The van der Waals surface area contributed by atoms with Crippen LogP contribution >= 0.6 is 27.5 Å². The minimum atomic E-state index is -1.18. The molecular formula is C25H30BrClN2O6. The first kappa shape index (κ1) is 26.1. The number of hydrogen-bond acceptors (Lipinski definition) is 6. The Kier molecular flexibility index (Phi) is 7.90. The van der Waals surface area contributed by atoms with Gasteiger partial charge in [0.2, 0.25) is 5.91 Å². The summed E-state index contributed by atoms with van der Waals surface area (Å²) in [6.45, 7) is 6.11. The van der Waals surface area contributed by atoms with Gasteiger partial charge in [-0.1, -0.05) is 45.7 Å². The number of ether oxygens (including phenoxy) is 2. The van der Waals surface area contributed by atoms with Crippen molar-refractivity contribution < 1.29 is 29.0 Å². The number of alkyl halides is 1. The summed E-state index contributed by atoms with van der Waals surface area (Å²) in [5, 5.41) is 9.69. The normalized spacial score (nSPS) is 30.9. The molecule has 3 aliphatic heterocycles. The van der Waals surface area contributed by atoms with Gasteiger partial charge in [0.05, 0.1) is 35.3 Å². The minimum absolute atomic E-state index is 0.0229. The molecule has 10 heteroatoms. The van der Waals surface area contributed by atoms with E-state index in [1.165, 1.54) is 9.80 Å². The molecule has 2 bridgehead atoms. The zero-order chi connectivity index (χ0) is 25.3. The Morgan fingerprint density at radius 3 is 2.80 bits per heavy atom. The molecule has 1 spiro atoms. The molecule has 3 fully saturated rings. The number of likely N-dealkylation sites (tertiary alicyclic amines) is 1. The molecule has 3 saturated heterocycles. The third-order valence-electron chi connectivity index (χ3n) is 7.11. The van der Waals surface area contributed by atoms with Crippen LogP contribution in [0.15, 0.2) is 36.9 Å². The summed E-state index contributed by atoms with van der Waals surface area (Å²) in [6.07, 6.45) is 2.43. The molecule has 35 heavy (non-hydrogen) atoms. The van der Waals surface area contributed by atoms with Gasteiger partial charge >= 0.3 is 5.97 Å². The lowest BCUT2D eigenvalue weighted by atomic mass is 9.70. The van der Waals surface area contributed by atoms with Crippen LogP contribution in [-0.2, 0) is 23.9 Å². The molecule has 1 aromatic rings. The van der Waals surface area contributed by atoms with Crippen molar-refractivity contribution in [3.63, 3.8) is 0 Å². The Balaban J connectivity index is 1.79. The molecule has 0 saturated carbocycles. The molecule has 0 aromatic heterocycles. The maximum absolute atomic E-state index is 14.3. The molecule has 0 radical (unpaired) electrons. The quantitative estimate of drug-likeness (QED) is 0.201. The molecule has 3 aliphatic rings. The molecule has 190 valence electrons. The first-order valence-electron chi connectivity index (χ1n) is 11.9. The van der Waals surface area contributed by atoms with Gasteiger partial charge in [0.1, 0.15) is 11.6 Å². The number of aliphatic hydroxyl groups excluding tert-OH is 1. The second kappa shape index (κ2) is 10.6. The third kappa shape index (κ3) is 4.30. The smallest absolute Gasteiger partial charge is 0.312 e. The summed E-state index contributed by atoms with van der Waals surface area (Å²) in [5.74, 6) is -2.74. The van der Waals surface area contributed by atoms with Crippen LogP contribution in [0.25, 0.3) is 0 Å². The SMILES string of the molecule is C=CCN(C(=O)C1N(CCCCO)C(=O)[C@@H]2[C@@H](C(=O)OCC)[C@@H]3OC12CC3Br)c1ccccc1Cl. The van der Waals surface area contributed by atoms with E-state index in [0.717, 1.165) is 0 Å². The van der Waals surface area contributed by atoms with Crippen LogP contribution in [-0.4, -0.2) is 76.7 Å². The number of carbonyl (C=O) groups is 3. The second-order valence-electron chi connectivity index (χ2n) is 9.07. The van der Waals surface area contributed by atoms with Gasteiger partial charge in [-0.15, -0.1) is 6.58 Å². The van der Waals surface area contributed by atoms with E-state index < -0.39 is 35.6 Å². The Morgan fingerprint density at radius 1 is 1.40 bits per heavy atom. The van der Waals surface area contributed by atoms with Crippen molar-refractivity contribution >= 4 is 51.0 Å². The summed E-state index contributed by atoms with van der Waals surface area (Å²) in [4.78, 5) is 43.9. The number of esters is 1. The van der Waals surface area contributed by atoms with Crippen LogP contribution in [0.5, 0.6) is 0 Å². The zero-order valence-electron chi connectivity index (χ0n) is 19.6. The number of benzene rings is 1. The van der Waals surface area contributed by atoms with E-state index in [4.69, 9.17) is 21.1 Å². The summed E-state index contributed by atoms with van der Waals surface area (Å²) >= 11 is 10.1. The monoisotopic (exact) mass is 568 g/mol. The van der Waals surface area contributed by atoms with Gasteiger partial charge in [0, 0.05) is 24.5 Å². The Bertz CT molecular complexity index is 1010. The fourth-order valence-electron chi connectivity index (χ4n) is 5.81. The summed E-state index contributed by atoms with van der Waals surface area (Å²) in [7, 11) is 0. The van der Waals surface area contributed by atoms with Gasteiger partial charge in [0.25, 0.3) is 5.91 Å². The van der Waals surface area contributed by atoms with Gasteiger partial charge in [-0.05, 0) is 38.3 Å². The van der Waals surface area contributed by atoms with E-state index >= 15 is 0 Å². The van der Waals surface area contributed by atoms with E-state index in [9.17, 15) is 19.5 Å². The third-order valence-corrected chi connectivity index (χ3v) is 8.27. The molecule has 6 atom stereocenters. The van der Waals surface area contributed by atoms with E-state index in [2.05, 4.69) is 22.5 Å². The number of amides is 2. The molecule has 0 aliphatic carbocycles. The number of fused-ring (bicyclic) bond motifs is 1. The second-order valence-corrected chi connectivity index (χ2v) is 10.7. The Hall–Kier alpha value is -1.94. The average Bonchev–Trinajstić information content (AvgIpc) is 3.42. The predicted molar refractivity (Wildman–Crippen MR) is 134 cm³/mol. The van der Waals surface area contributed by atoms with Crippen molar-refractivity contribution in [2.24, 2.45) is 11.8 Å². The summed E-state index contributed by atoms with van der Waals surface area (Å²) < 4.78 is 11.8. The van der Waals surface area contributed by atoms with Crippen molar-refractivity contribution in [2.45, 2.75) is 48.8 Å². The molecule has 8 nitrogen and oxygen atoms in total. The number of carbonyl (C=O) groups excluding carboxylic acids is 3. The van der Waals surface area contributed by atoms with Crippen molar-refractivity contribution in [1.82, 2.24) is 4.90 Å². The number of halogens is 2. The Morgan fingerprint density at radius 2 is 2.14 bits per heavy atom. The highest BCUT2D eigenvalue weighted by Gasteiger charge is 2.77. The number of para-hydroxylation sites is 1. The number of anilines is 1. The number of hydrogen-bond donors (Lipinski definition) is 1. The van der Waals surface area contributed by atoms with Crippen molar-refractivity contribution in [3.8, 4) is 0 Å². The van der Waals surface area contributed by atoms with Crippen molar-refractivity contribution in [2.75, 3.05) is 31.2 Å². The highest BCUT2D eigenvalue weighted by Crippen LogP contribution is 2.60. The topological polar surface area (TPSA) is 96.4 Å². The standard InChI is InChI=1S/C25H30BrClN2O6/c1-3-11-28(17-10-6-5-9-16(17)27)23(32)21-25-14-15(26)20(35-25)18(24(33)34-4-2)19(25)22(31)29(21)12-7-8-13-30/h3,5-6,9-10,15,18-21,30H,1,4,7-8,11-14H2,2H3/t15?,18-,19+,20-,21?,25?/m1/s1. The molecular weight excluding hydrogens is 540 g/mol. The van der Waals surface area contributed by atoms with Crippen molar-refractivity contribution in [3.05, 3.63) is 41.9 Å². The first-order valence-corrected chi connectivity index (χ1v) is 13.2. The van der Waals surface area contributed by atoms with Crippen LogP contribution in [0.3, 0.4) is 0 Å². The van der Waals surface area contributed by atoms with E-state index in [-0.39, 0.29) is 42.9 Å². The van der Waals surface area contributed by atoms with Crippen molar-refractivity contribution in [1.29, 1.82) is 0 Å². The number of nitrogens with zero attached hydrogens (tertiary/aromatic N) is 2. The van der Waals surface area contributed by atoms with Gasteiger partial charge in [-0.3, -0.25) is 14.4 Å². The number of aliphatic hydroxyl groups is 1. The van der Waals surface area contributed by atoms with E-state index in [1.807, 2.05) is 0 Å². The van der Waals surface area contributed by atoms with Crippen LogP contribution < -0.4 is 4.90 Å². The molecule has 1 aromatic carbocycles. The molecule has 4 rings (SSSR count). The maximum atomic E-state index is 14.3. The van der Waals surface area contributed by atoms with Gasteiger partial charge in [0.15, 0.2) is 0 Å². The predicted octanol–water partition coefficient (Wildman–Crippen LogP) is 2.94. The molecule has 3 heterocycles. The molecule has 1 N–H and O–H groups in total. The van der Waals surface area contributed by atoms with Crippen LogP contribution in [0.4, 0.5) is 5.69 Å². The van der Waals surface area contributed by atoms with Crippen LogP contribution in [0.2, 0.25) is 5.02 Å². The lowest BCUT2D eigenvalue weighted by molar-refractivity contribution is -0.154. The summed E-state index contributed by atoms with van der Waals surface area (Å²) in [6, 6.07) is 6.04. The average molecular weight is 570 g/mol. The van der Waals surface area contributed by atoms with Crippen LogP contribution in [0, 0.1) is 11.8 Å². The van der Waals surface area contributed by atoms with E-state index in [1.54, 1.807) is 37.3 Å². The highest BCUT2D eigenvalue weighted by atomic mass is 79.9. The fourth-order valence-corrected chi connectivity index (χ4v) is 6.99. The first-order chi connectivity index (χ1) is 16.8. The van der Waals surface area contributed by atoms with Crippen LogP contribution in [0.1, 0.15) is 26.2 Å². The lowest BCUT2D eigenvalue weighted by Gasteiger charge is -2.37. The minimum Gasteiger partial charge on any atom is -0.466 e. The Labute approximate surface area is 218 Å². The maximum Gasteiger partial charge on any atom is 0.312 e.